The Bertz CT molecular complexity index is 756. The Labute approximate surface area is 125 Å². The third kappa shape index (κ3) is 2.56. The van der Waals surface area contributed by atoms with Crippen molar-refractivity contribution < 1.29 is 31.9 Å². The van der Waals surface area contributed by atoms with Crippen LogP contribution in [0, 0.1) is 24.0 Å². The highest BCUT2D eigenvalue weighted by molar-refractivity contribution is 7.90. The number of carboxylic acid groups (broad SMARTS) is 1. The van der Waals surface area contributed by atoms with E-state index < -0.39 is 43.8 Å². The van der Waals surface area contributed by atoms with Crippen LogP contribution in [0.1, 0.15) is 24.8 Å². The van der Waals surface area contributed by atoms with Gasteiger partial charge in [-0.1, -0.05) is 6.42 Å². The van der Waals surface area contributed by atoms with E-state index in [1.807, 2.05) is 0 Å². The molecule has 0 aromatic heterocycles. The number of sulfonamides is 1. The van der Waals surface area contributed by atoms with Crippen LogP contribution >= 0.6 is 0 Å². The summed E-state index contributed by atoms with van der Waals surface area (Å²) in [5, 5.41) is 9.07. The maximum atomic E-state index is 13.7. The first-order chi connectivity index (χ1) is 10.1. The van der Waals surface area contributed by atoms with Gasteiger partial charge in [-0.25, -0.2) is 21.9 Å². The zero-order valence-electron chi connectivity index (χ0n) is 11.5. The van der Waals surface area contributed by atoms with Gasteiger partial charge in [-0.15, -0.1) is 0 Å². The minimum Gasteiger partial charge on any atom is -0.480 e. The Morgan fingerprint density at radius 2 is 1.82 bits per heavy atom. The Hall–Kier alpha value is -2.03. The number of halogens is 2. The van der Waals surface area contributed by atoms with Crippen LogP contribution < -0.4 is 4.72 Å². The molecule has 1 aromatic rings. The van der Waals surface area contributed by atoms with E-state index in [-0.39, 0.29) is 18.4 Å². The second-order valence-corrected chi connectivity index (χ2v) is 6.86. The first kappa shape index (κ1) is 16.3. The van der Waals surface area contributed by atoms with Crippen LogP contribution in [0.2, 0.25) is 0 Å². The lowest BCUT2D eigenvalue weighted by molar-refractivity contribution is -0.161. The second-order valence-electron chi connectivity index (χ2n) is 5.21. The lowest BCUT2D eigenvalue weighted by atomic mass is 9.68. The topological polar surface area (TPSA) is 101 Å². The summed E-state index contributed by atoms with van der Waals surface area (Å²) >= 11 is 0. The fraction of sp³-hybridized carbons (Fsp3) is 0.385. The van der Waals surface area contributed by atoms with Gasteiger partial charge in [-0.05, 0) is 37.5 Å². The van der Waals surface area contributed by atoms with Crippen LogP contribution in [0.25, 0.3) is 0 Å². The van der Waals surface area contributed by atoms with Crippen molar-refractivity contribution in [3.8, 4) is 0 Å². The molecule has 0 aliphatic heterocycles. The maximum absolute atomic E-state index is 13.7. The summed E-state index contributed by atoms with van der Waals surface area (Å²) in [7, 11) is -4.70. The number of benzene rings is 1. The van der Waals surface area contributed by atoms with E-state index in [1.54, 1.807) is 0 Å². The minimum absolute atomic E-state index is 0.00553. The van der Waals surface area contributed by atoms with Crippen molar-refractivity contribution >= 4 is 21.9 Å². The molecule has 1 aliphatic rings. The van der Waals surface area contributed by atoms with E-state index in [9.17, 15) is 26.8 Å². The Morgan fingerprint density at radius 1 is 1.23 bits per heavy atom. The lowest BCUT2D eigenvalue weighted by Crippen LogP contribution is -2.52. The number of aryl methyl sites for hydroxylation is 1. The molecule has 120 valence electrons. The highest BCUT2D eigenvalue weighted by Gasteiger charge is 2.52. The summed E-state index contributed by atoms with van der Waals surface area (Å²) in [6.45, 7) is 1.25. The van der Waals surface area contributed by atoms with Crippen molar-refractivity contribution in [3.05, 3.63) is 29.3 Å². The molecule has 0 radical (unpaired) electrons. The average molecular weight is 333 g/mol. The maximum Gasteiger partial charge on any atom is 0.319 e. The summed E-state index contributed by atoms with van der Waals surface area (Å²) in [6.07, 6.45) is 0.455. The van der Waals surface area contributed by atoms with Gasteiger partial charge in [0.05, 0.1) is 0 Å². The van der Waals surface area contributed by atoms with E-state index in [1.165, 1.54) is 11.6 Å². The fourth-order valence-corrected chi connectivity index (χ4v) is 3.30. The lowest BCUT2D eigenvalue weighted by Gasteiger charge is -2.35. The van der Waals surface area contributed by atoms with Gasteiger partial charge in [0.15, 0.2) is 0 Å². The Balaban J connectivity index is 2.35. The molecule has 1 saturated carbocycles. The summed E-state index contributed by atoms with van der Waals surface area (Å²) in [4.78, 5) is 22.1. The van der Waals surface area contributed by atoms with E-state index in [2.05, 4.69) is 0 Å². The minimum atomic E-state index is -4.70. The van der Waals surface area contributed by atoms with Crippen LogP contribution in [0.3, 0.4) is 0 Å². The molecule has 6 nitrogen and oxygen atoms in total. The largest absolute Gasteiger partial charge is 0.480 e. The molecule has 9 heteroatoms. The van der Waals surface area contributed by atoms with Gasteiger partial charge in [0.25, 0.3) is 15.9 Å². The monoisotopic (exact) mass is 333 g/mol. The van der Waals surface area contributed by atoms with Crippen LogP contribution in [-0.4, -0.2) is 25.4 Å². The van der Waals surface area contributed by atoms with Crippen molar-refractivity contribution in [1.29, 1.82) is 0 Å². The standard InChI is InChI=1S/C13H13F2NO5S/c1-7-5-9(15)10(6-8(7)14)22(20,21)16-11(17)13(12(18)19)3-2-4-13/h5-6H,2-4H2,1H3,(H,16,17)(H,18,19). The number of nitrogens with one attached hydrogen (secondary N) is 1. The molecule has 0 saturated heterocycles. The number of hydrogen-bond acceptors (Lipinski definition) is 4. The van der Waals surface area contributed by atoms with E-state index in [0.717, 1.165) is 0 Å². The highest BCUT2D eigenvalue weighted by Crippen LogP contribution is 2.41. The molecule has 2 N–H and O–H groups in total. The molecule has 1 aromatic carbocycles. The molecule has 1 amide bonds. The molecule has 1 fully saturated rings. The molecule has 0 bridgehead atoms. The third-order valence-electron chi connectivity index (χ3n) is 3.78. The number of carbonyl (C=O) groups excluding carboxylic acids is 1. The molecule has 2 rings (SSSR count). The zero-order chi connectivity index (χ0) is 16.7. The van der Waals surface area contributed by atoms with Crippen molar-refractivity contribution in [2.75, 3.05) is 0 Å². The predicted molar refractivity (Wildman–Crippen MR) is 70.3 cm³/mol. The van der Waals surface area contributed by atoms with E-state index >= 15 is 0 Å². The smallest absolute Gasteiger partial charge is 0.319 e. The number of carbonyl (C=O) groups is 2. The van der Waals surface area contributed by atoms with Gasteiger partial charge in [0.1, 0.15) is 21.9 Å². The molecule has 1 aliphatic carbocycles. The van der Waals surface area contributed by atoms with Gasteiger partial charge in [-0.3, -0.25) is 9.59 Å². The SMILES string of the molecule is Cc1cc(F)c(S(=O)(=O)NC(=O)C2(C(=O)O)CCC2)cc1F. The van der Waals surface area contributed by atoms with Crippen molar-refractivity contribution in [1.82, 2.24) is 4.72 Å². The molecule has 0 heterocycles. The molecular formula is C13H13F2NO5S. The number of hydrogen-bond donors (Lipinski definition) is 2. The molecule has 0 unspecified atom stereocenters. The van der Waals surface area contributed by atoms with Gasteiger partial charge < -0.3 is 5.11 Å². The van der Waals surface area contributed by atoms with E-state index in [4.69, 9.17) is 5.11 Å². The number of amides is 1. The highest BCUT2D eigenvalue weighted by atomic mass is 32.2. The van der Waals surface area contributed by atoms with Crippen LogP contribution in [0.5, 0.6) is 0 Å². The van der Waals surface area contributed by atoms with Crippen molar-refractivity contribution in [2.24, 2.45) is 5.41 Å². The first-order valence-corrected chi connectivity index (χ1v) is 7.85. The third-order valence-corrected chi connectivity index (χ3v) is 5.13. The predicted octanol–water partition coefficient (Wildman–Crippen LogP) is 1.33. The normalized spacial score (nSPS) is 16.7. The quantitative estimate of drug-likeness (QED) is 0.810. The summed E-state index contributed by atoms with van der Waals surface area (Å²) in [5.74, 6) is -4.86. The molecule has 0 spiro atoms. The van der Waals surface area contributed by atoms with Gasteiger partial charge in [0, 0.05) is 0 Å². The Kier molecular flexibility index (Phi) is 3.94. The van der Waals surface area contributed by atoms with Gasteiger partial charge in [-0.2, -0.15) is 0 Å². The fourth-order valence-electron chi connectivity index (χ4n) is 2.18. The Morgan fingerprint density at radius 3 is 2.27 bits per heavy atom. The van der Waals surface area contributed by atoms with Crippen LogP contribution in [-0.2, 0) is 19.6 Å². The summed E-state index contributed by atoms with van der Waals surface area (Å²) in [5.41, 5.74) is -1.92. The number of carboxylic acids is 1. The molecular weight excluding hydrogens is 320 g/mol. The van der Waals surface area contributed by atoms with Crippen LogP contribution in [0.4, 0.5) is 8.78 Å². The second kappa shape index (κ2) is 5.31. The van der Waals surface area contributed by atoms with Crippen molar-refractivity contribution in [2.45, 2.75) is 31.1 Å². The molecule has 0 atom stereocenters. The number of rotatable bonds is 4. The van der Waals surface area contributed by atoms with Crippen LogP contribution in [0.15, 0.2) is 17.0 Å². The van der Waals surface area contributed by atoms with E-state index in [0.29, 0.717) is 18.6 Å². The summed E-state index contributed by atoms with van der Waals surface area (Å²) < 4.78 is 52.7. The van der Waals surface area contributed by atoms with Gasteiger partial charge in [0.2, 0.25) is 0 Å². The van der Waals surface area contributed by atoms with Gasteiger partial charge >= 0.3 is 5.97 Å². The first-order valence-electron chi connectivity index (χ1n) is 6.36. The summed E-state index contributed by atoms with van der Waals surface area (Å²) in [6, 6.07) is 1.14. The van der Waals surface area contributed by atoms with Crippen molar-refractivity contribution in [3.63, 3.8) is 0 Å². The molecule has 22 heavy (non-hydrogen) atoms. The average Bonchev–Trinajstić information content (AvgIpc) is 2.30. The zero-order valence-corrected chi connectivity index (χ0v) is 12.3. The number of aliphatic carboxylic acids is 1.